The maximum atomic E-state index is 11.2. The molecule has 1 N–H and O–H groups in total. The van der Waals surface area contributed by atoms with Crippen molar-refractivity contribution in [2.75, 3.05) is 25.9 Å². The van der Waals surface area contributed by atoms with Crippen LogP contribution >= 0.6 is 0 Å². The third-order valence-corrected chi connectivity index (χ3v) is 5.29. The van der Waals surface area contributed by atoms with Gasteiger partial charge in [0.2, 0.25) is 10.0 Å². The lowest BCUT2D eigenvalue weighted by atomic mass is 9.95. The Hall–Kier alpha value is -1.50. The van der Waals surface area contributed by atoms with Crippen LogP contribution in [-0.4, -0.2) is 44.2 Å². The molecule has 2 heterocycles. The number of aromatic nitrogens is 1. The van der Waals surface area contributed by atoms with Crippen LogP contribution in [0.1, 0.15) is 25.0 Å². The Bertz CT molecular complexity index is 792. The van der Waals surface area contributed by atoms with Crippen molar-refractivity contribution in [3.8, 4) is 0 Å². The average molecular weight is 347 g/mol. The molecule has 0 amide bonds. The second-order valence-corrected chi connectivity index (χ2v) is 8.53. The summed E-state index contributed by atoms with van der Waals surface area (Å²) in [6.07, 6.45) is 4.45. The molecule has 1 aromatic heterocycles. The van der Waals surface area contributed by atoms with Crippen molar-refractivity contribution in [1.29, 1.82) is 0 Å². The molecule has 0 saturated carbocycles. The number of rotatable bonds is 6. The van der Waals surface area contributed by atoms with Crippen LogP contribution in [0.15, 0.2) is 36.4 Å². The number of hydrogen-bond donors (Lipinski definition) is 1. The van der Waals surface area contributed by atoms with Crippen molar-refractivity contribution in [3.05, 3.63) is 42.1 Å². The Kier molecular flexibility index (Phi) is 5.48. The summed E-state index contributed by atoms with van der Waals surface area (Å²) in [5, 5.41) is 1.17. The standard InChI is InChI=1S/C18H25N3O2S/c1-24(22,23)19-11-10-15-5-4-12-21(13-15)14-17-9-8-16-6-2-3-7-18(16)20-17/h2-3,6-9,15,19H,4-5,10-14H2,1H3/t15-/m0/s1. The van der Waals surface area contributed by atoms with Gasteiger partial charge < -0.3 is 0 Å². The molecule has 1 aliphatic rings. The molecule has 6 heteroatoms. The van der Waals surface area contributed by atoms with Crippen molar-refractivity contribution in [2.24, 2.45) is 5.92 Å². The fourth-order valence-electron chi connectivity index (χ4n) is 3.40. The number of hydrogen-bond acceptors (Lipinski definition) is 4. The van der Waals surface area contributed by atoms with E-state index in [-0.39, 0.29) is 0 Å². The van der Waals surface area contributed by atoms with Crippen molar-refractivity contribution < 1.29 is 8.42 Å². The van der Waals surface area contributed by atoms with Gasteiger partial charge in [-0.25, -0.2) is 13.1 Å². The van der Waals surface area contributed by atoms with Gasteiger partial charge >= 0.3 is 0 Å². The number of nitrogens with zero attached hydrogens (tertiary/aromatic N) is 2. The molecule has 3 rings (SSSR count). The molecule has 5 nitrogen and oxygen atoms in total. The molecular weight excluding hydrogens is 322 g/mol. The molecule has 0 radical (unpaired) electrons. The predicted molar refractivity (Wildman–Crippen MR) is 97.2 cm³/mol. The van der Waals surface area contributed by atoms with Crippen molar-refractivity contribution in [1.82, 2.24) is 14.6 Å². The normalized spacial score (nSPS) is 19.6. The van der Waals surface area contributed by atoms with Crippen LogP contribution in [0.25, 0.3) is 10.9 Å². The van der Waals surface area contributed by atoms with Crippen LogP contribution < -0.4 is 4.72 Å². The van der Waals surface area contributed by atoms with Gasteiger partial charge in [0.05, 0.1) is 17.5 Å². The average Bonchev–Trinajstić information content (AvgIpc) is 2.54. The van der Waals surface area contributed by atoms with E-state index in [2.05, 4.69) is 33.9 Å². The fourth-order valence-corrected chi connectivity index (χ4v) is 3.89. The first-order valence-corrected chi connectivity index (χ1v) is 10.4. The highest BCUT2D eigenvalue weighted by Gasteiger charge is 2.20. The highest BCUT2D eigenvalue weighted by atomic mass is 32.2. The van der Waals surface area contributed by atoms with Gasteiger partial charge in [-0.05, 0) is 43.9 Å². The molecule has 1 aliphatic heterocycles. The molecule has 24 heavy (non-hydrogen) atoms. The van der Waals surface area contributed by atoms with Crippen LogP contribution in [0, 0.1) is 5.92 Å². The molecule has 0 aliphatic carbocycles. The monoisotopic (exact) mass is 347 g/mol. The van der Waals surface area contributed by atoms with E-state index in [4.69, 9.17) is 4.98 Å². The van der Waals surface area contributed by atoms with E-state index in [1.807, 2.05) is 12.1 Å². The molecule has 130 valence electrons. The molecular formula is C18H25N3O2S. The van der Waals surface area contributed by atoms with Gasteiger partial charge in [0.25, 0.3) is 0 Å². The van der Waals surface area contributed by atoms with E-state index in [1.54, 1.807) is 0 Å². The van der Waals surface area contributed by atoms with Gasteiger partial charge in [-0.1, -0.05) is 24.3 Å². The summed E-state index contributed by atoms with van der Waals surface area (Å²) in [4.78, 5) is 7.19. The highest BCUT2D eigenvalue weighted by molar-refractivity contribution is 7.88. The van der Waals surface area contributed by atoms with Gasteiger partial charge in [-0.3, -0.25) is 9.88 Å². The smallest absolute Gasteiger partial charge is 0.208 e. The second kappa shape index (κ2) is 7.59. The molecule has 1 atom stereocenters. The lowest BCUT2D eigenvalue weighted by Crippen LogP contribution is -2.36. The zero-order valence-corrected chi connectivity index (χ0v) is 14.9. The SMILES string of the molecule is CS(=O)(=O)NCC[C@@H]1CCCN(Cc2ccc3ccccc3n2)C1. The number of benzene rings is 1. The van der Waals surface area contributed by atoms with Crippen LogP contribution in [0.2, 0.25) is 0 Å². The first kappa shape index (κ1) is 17.3. The third kappa shape index (κ3) is 5.00. The Labute approximate surface area is 144 Å². The van der Waals surface area contributed by atoms with Gasteiger partial charge in [0.15, 0.2) is 0 Å². The summed E-state index contributed by atoms with van der Waals surface area (Å²) in [5.74, 6) is 0.549. The van der Waals surface area contributed by atoms with Gasteiger partial charge in [0, 0.05) is 25.0 Å². The maximum Gasteiger partial charge on any atom is 0.208 e. The largest absolute Gasteiger partial charge is 0.297 e. The Morgan fingerprint density at radius 1 is 1.25 bits per heavy atom. The molecule has 0 unspecified atom stereocenters. The molecule has 1 aromatic carbocycles. The van der Waals surface area contributed by atoms with E-state index < -0.39 is 10.0 Å². The van der Waals surface area contributed by atoms with Crippen molar-refractivity contribution in [2.45, 2.75) is 25.8 Å². The minimum Gasteiger partial charge on any atom is -0.297 e. The Balaban J connectivity index is 1.56. The van der Waals surface area contributed by atoms with Crippen LogP contribution in [0.4, 0.5) is 0 Å². The minimum atomic E-state index is -3.08. The number of fused-ring (bicyclic) bond motifs is 1. The molecule has 2 aromatic rings. The summed E-state index contributed by atoms with van der Waals surface area (Å²) in [6, 6.07) is 12.4. The van der Waals surface area contributed by atoms with E-state index in [1.165, 1.54) is 18.1 Å². The first-order valence-electron chi connectivity index (χ1n) is 8.51. The number of piperidine rings is 1. The van der Waals surface area contributed by atoms with Crippen molar-refractivity contribution in [3.63, 3.8) is 0 Å². The minimum absolute atomic E-state index is 0.533. The quantitative estimate of drug-likeness (QED) is 0.871. The fraction of sp³-hybridized carbons (Fsp3) is 0.500. The topological polar surface area (TPSA) is 62.3 Å². The highest BCUT2D eigenvalue weighted by Crippen LogP contribution is 2.21. The maximum absolute atomic E-state index is 11.2. The summed E-state index contributed by atoms with van der Waals surface area (Å²) < 4.78 is 24.9. The zero-order valence-electron chi connectivity index (χ0n) is 14.1. The van der Waals surface area contributed by atoms with E-state index in [0.29, 0.717) is 12.5 Å². The van der Waals surface area contributed by atoms with Gasteiger partial charge in [0.1, 0.15) is 0 Å². The number of para-hydroxylation sites is 1. The lowest BCUT2D eigenvalue weighted by molar-refractivity contribution is 0.161. The summed E-state index contributed by atoms with van der Waals surface area (Å²) in [6.45, 7) is 3.50. The Morgan fingerprint density at radius 2 is 2.08 bits per heavy atom. The first-order chi connectivity index (χ1) is 11.5. The lowest BCUT2D eigenvalue weighted by Gasteiger charge is -2.32. The van der Waals surface area contributed by atoms with Crippen LogP contribution in [0.5, 0.6) is 0 Å². The second-order valence-electron chi connectivity index (χ2n) is 6.69. The number of likely N-dealkylation sites (tertiary alicyclic amines) is 1. The van der Waals surface area contributed by atoms with Gasteiger partial charge in [-0.15, -0.1) is 0 Å². The summed E-state index contributed by atoms with van der Waals surface area (Å²) in [5.41, 5.74) is 2.14. The molecule has 1 saturated heterocycles. The molecule has 1 fully saturated rings. The Morgan fingerprint density at radius 3 is 2.92 bits per heavy atom. The zero-order chi connectivity index (χ0) is 17.0. The number of pyridine rings is 1. The van der Waals surface area contributed by atoms with E-state index in [0.717, 1.165) is 43.7 Å². The molecule has 0 bridgehead atoms. The number of nitrogens with one attached hydrogen (secondary N) is 1. The number of sulfonamides is 1. The van der Waals surface area contributed by atoms with Gasteiger partial charge in [-0.2, -0.15) is 0 Å². The molecule has 0 spiro atoms. The summed E-state index contributed by atoms with van der Waals surface area (Å²) >= 11 is 0. The van der Waals surface area contributed by atoms with Crippen molar-refractivity contribution >= 4 is 20.9 Å². The predicted octanol–water partition coefficient (Wildman–Crippen LogP) is 2.39. The van der Waals surface area contributed by atoms with Crippen LogP contribution in [0.3, 0.4) is 0 Å². The third-order valence-electron chi connectivity index (χ3n) is 4.56. The van der Waals surface area contributed by atoms with Crippen LogP contribution in [-0.2, 0) is 16.6 Å². The van der Waals surface area contributed by atoms with E-state index in [9.17, 15) is 8.42 Å². The van der Waals surface area contributed by atoms with E-state index >= 15 is 0 Å². The summed E-state index contributed by atoms with van der Waals surface area (Å²) in [7, 11) is -3.08.